The van der Waals surface area contributed by atoms with E-state index in [0.29, 0.717) is 33.7 Å². The topological polar surface area (TPSA) is 64.3 Å². The highest BCUT2D eigenvalue weighted by molar-refractivity contribution is 5.80. The fourth-order valence-electron chi connectivity index (χ4n) is 3.10. The lowest BCUT2D eigenvalue weighted by molar-refractivity contribution is 0.373. The summed E-state index contributed by atoms with van der Waals surface area (Å²) in [6, 6.07) is 17.8. The predicted octanol–water partition coefficient (Wildman–Crippen LogP) is 4.41. The second kappa shape index (κ2) is 7.59. The van der Waals surface area contributed by atoms with Crippen LogP contribution in [0.3, 0.4) is 0 Å². The van der Waals surface area contributed by atoms with Gasteiger partial charge in [0, 0.05) is 5.56 Å². The Balaban J connectivity index is 1.92. The summed E-state index contributed by atoms with van der Waals surface area (Å²) in [5, 5.41) is 10.8. The average molecular weight is 388 g/mol. The van der Waals surface area contributed by atoms with Gasteiger partial charge in [-0.25, -0.2) is 9.37 Å². The van der Waals surface area contributed by atoms with Gasteiger partial charge in [0.2, 0.25) is 0 Å². The number of phenolic OH excluding ortho intramolecular Hbond substituents is 1. The first kappa shape index (κ1) is 18.4. The highest BCUT2D eigenvalue weighted by Crippen LogP contribution is 2.30. The molecule has 0 unspecified atom stereocenters. The van der Waals surface area contributed by atoms with Crippen LogP contribution in [-0.4, -0.2) is 21.8 Å². The van der Waals surface area contributed by atoms with Gasteiger partial charge in [0.25, 0.3) is 5.56 Å². The third kappa shape index (κ3) is 3.48. The maximum absolute atomic E-state index is 13.4. The number of phenols is 1. The van der Waals surface area contributed by atoms with Crippen molar-refractivity contribution in [2.75, 3.05) is 7.11 Å². The fourth-order valence-corrected chi connectivity index (χ4v) is 3.10. The van der Waals surface area contributed by atoms with Gasteiger partial charge >= 0.3 is 0 Å². The Kier molecular flexibility index (Phi) is 4.83. The van der Waals surface area contributed by atoms with Crippen molar-refractivity contribution < 1.29 is 14.2 Å². The van der Waals surface area contributed by atoms with E-state index >= 15 is 0 Å². The number of para-hydroxylation sites is 2. The molecule has 4 rings (SSSR count). The van der Waals surface area contributed by atoms with Crippen LogP contribution >= 0.6 is 0 Å². The molecule has 0 fully saturated rings. The van der Waals surface area contributed by atoms with Crippen molar-refractivity contribution in [2.45, 2.75) is 0 Å². The van der Waals surface area contributed by atoms with E-state index in [-0.39, 0.29) is 11.3 Å². The Hall–Kier alpha value is -3.93. The first-order valence-electron chi connectivity index (χ1n) is 8.90. The SMILES string of the molecule is COc1cccc(/C=C/c2nc3ccccc3c(=O)n2-c2ccc(F)cc2)c1O. The van der Waals surface area contributed by atoms with Gasteiger partial charge < -0.3 is 9.84 Å². The van der Waals surface area contributed by atoms with Crippen molar-refractivity contribution in [3.05, 3.63) is 94.3 Å². The molecule has 1 heterocycles. The lowest BCUT2D eigenvalue weighted by atomic mass is 10.1. The summed E-state index contributed by atoms with van der Waals surface area (Å²) < 4.78 is 19.9. The zero-order valence-electron chi connectivity index (χ0n) is 15.5. The number of fused-ring (bicyclic) bond motifs is 1. The van der Waals surface area contributed by atoms with Crippen LogP contribution in [0, 0.1) is 5.82 Å². The van der Waals surface area contributed by atoms with Crippen LogP contribution in [0.5, 0.6) is 11.5 Å². The van der Waals surface area contributed by atoms with Crippen LogP contribution < -0.4 is 10.3 Å². The van der Waals surface area contributed by atoms with Crippen molar-refractivity contribution in [3.8, 4) is 17.2 Å². The molecule has 3 aromatic carbocycles. The summed E-state index contributed by atoms with van der Waals surface area (Å²) in [6.07, 6.45) is 3.28. The largest absolute Gasteiger partial charge is 0.504 e. The molecule has 5 nitrogen and oxygen atoms in total. The normalized spacial score (nSPS) is 11.2. The van der Waals surface area contributed by atoms with Gasteiger partial charge in [0.15, 0.2) is 11.5 Å². The molecule has 0 amide bonds. The van der Waals surface area contributed by atoms with Gasteiger partial charge in [0.05, 0.1) is 23.7 Å². The lowest BCUT2D eigenvalue weighted by Gasteiger charge is -2.11. The van der Waals surface area contributed by atoms with Crippen molar-refractivity contribution in [1.29, 1.82) is 0 Å². The van der Waals surface area contributed by atoms with E-state index in [1.807, 2.05) is 0 Å². The molecule has 29 heavy (non-hydrogen) atoms. The van der Waals surface area contributed by atoms with Crippen LogP contribution in [0.15, 0.2) is 71.5 Å². The van der Waals surface area contributed by atoms with Gasteiger partial charge in [-0.3, -0.25) is 9.36 Å². The summed E-state index contributed by atoms with van der Waals surface area (Å²) >= 11 is 0. The number of rotatable bonds is 4. The Labute approximate surface area is 166 Å². The molecule has 4 aromatic rings. The lowest BCUT2D eigenvalue weighted by Crippen LogP contribution is -2.22. The highest BCUT2D eigenvalue weighted by atomic mass is 19.1. The van der Waals surface area contributed by atoms with E-state index in [2.05, 4.69) is 4.98 Å². The minimum atomic E-state index is -0.394. The molecule has 0 aliphatic heterocycles. The van der Waals surface area contributed by atoms with Crippen LogP contribution in [0.4, 0.5) is 4.39 Å². The number of hydrogen-bond donors (Lipinski definition) is 1. The van der Waals surface area contributed by atoms with Crippen LogP contribution in [0.2, 0.25) is 0 Å². The molecule has 0 radical (unpaired) electrons. The van der Waals surface area contributed by atoms with Crippen LogP contribution in [0.1, 0.15) is 11.4 Å². The molecular formula is C23H17FN2O3. The first-order valence-corrected chi connectivity index (χ1v) is 8.90. The zero-order chi connectivity index (χ0) is 20.4. The molecule has 1 aromatic heterocycles. The third-order valence-electron chi connectivity index (χ3n) is 4.55. The summed E-state index contributed by atoms with van der Waals surface area (Å²) in [5.74, 6) is 0.286. The number of aromatic hydroxyl groups is 1. The van der Waals surface area contributed by atoms with E-state index in [1.54, 1.807) is 54.6 Å². The minimum absolute atomic E-state index is 0.0114. The van der Waals surface area contributed by atoms with Crippen molar-refractivity contribution in [3.63, 3.8) is 0 Å². The van der Waals surface area contributed by atoms with E-state index in [9.17, 15) is 14.3 Å². The number of halogens is 1. The summed E-state index contributed by atoms with van der Waals surface area (Å²) in [5.41, 5.74) is 1.28. The quantitative estimate of drug-likeness (QED) is 0.563. The van der Waals surface area contributed by atoms with Crippen LogP contribution in [-0.2, 0) is 0 Å². The Morgan fingerprint density at radius 2 is 1.76 bits per heavy atom. The van der Waals surface area contributed by atoms with E-state index in [0.717, 1.165) is 0 Å². The Morgan fingerprint density at radius 3 is 2.52 bits per heavy atom. The number of nitrogens with zero attached hydrogens (tertiary/aromatic N) is 2. The molecule has 0 bridgehead atoms. The molecule has 0 atom stereocenters. The molecule has 0 saturated heterocycles. The Morgan fingerprint density at radius 1 is 1.00 bits per heavy atom. The minimum Gasteiger partial charge on any atom is -0.504 e. The number of benzene rings is 3. The molecule has 1 N–H and O–H groups in total. The number of hydrogen-bond acceptors (Lipinski definition) is 4. The maximum atomic E-state index is 13.4. The monoisotopic (exact) mass is 388 g/mol. The fraction of sp³-hybridized carbons (Fsp3) is 0.0435. The average Bonchev–Trinajstić information content (AvgIpc) is 2.74. The summed E-state index contributed by atoms with van der Waals surface area (Å²) in [7, 11) is 1.47. The van der Waals surface area contributed by atoms with E-state index < -0.39 is 5.82 Å². The van der Waals surface area contributed by atoms with Crippen molar-refractivity contribution in [2.24, 2.45) is 0 Å². The molecule has 0 aliphatic rings. The standard InChI is InChI=1S/C23H17FN2O3/c1-29-20-8-4-5-15(22(20)27)9-14-21-25-19-7-3-2-6-18(19)23(28)26(21)17-12-10-16(24)11-13-17/h2-14,27H,1H3/b14-9+. The van der Waals surface area contributed by atoms with E-state index in [1.165, 1.54) is 35.9 Å². The predicted molar refractivity (Wildman–Crippen MR) is 111 cm³/mol. The van der Waals surface area contributed by atoms with Gasteiger partial charge in [-0.2, -0.15) is 0 Å². The molecule has 0 spiro atoms. The third-order valence-corrected chi connectivity index (χ3v) is 4.55. The smallest absolute Gasteiger partial charge is 0.266 e. The van der Waals surface area contributed by atoms with Crippen molar-refractivity contribution in [1.82, 2.24) is 9.55 Å². The van der Waals surface area contributed by atoms with Gasteiger partial charge in [-0.05, 0) is 54.6 Å². The number of methoxy groups -OCH3 is 1. The van der Waals surface area contributed by atoms with E-state index in [4.69, 9.17) is 4.74 Å². The van der Waals surface area contributed by atoms with Gasteiger partial charge in [-0.15, -0.1) is 0 Å². The first-order chi connectivity index (χ1) is 14.1. The Bertz CT molecular complexity index is 1280. The summed E-state index contributed by atoms with van der Waals surface area (Å²) in [4.78, 5) is 17.7. The van der Waals surface area contributed by atoms with Gasteiger partial charge in [0.1, 0.15) is 11.6 Å². The number of ether oxygens (including phenoxy) is 1. The number of aromatic nitrogens is 2. The summed E-state index contributed by atoms with van der Waals surface area (Å²) in [6.45, 7) is 0. The van der Waals surface area contributed by atoms with Gasteiger partial charge in [-0.1, -0.05) is 24.3 Å². The second-order valence-electron chi connectivity index (χ2n) is 6.34. The molecule has 6 heteroatoms. The molecule has 0 aliphatic carbocycles. The molecule has 144 valence electrons. The molecular weight excluding hydrogens is 371 g/mol. The second-order valence-corrected chi connectivity index (χ2v) is 6.34. The molecule has 0 saturated carbocycles. The maximum Gasteiger partial charge on any atom is 0.266 e. The van der Waals surface area contributed by atoms with Crippen molar-refractivity contribution >= 4 is 23.1 Å². The highest BCUT2D eigenvalue weighted by Gasteiger charge is 2.12. The van der Waals surface area contributed by atoms with Crippen LogP contribution in [0.25, 0.3) is 28.7 Å². The zero-order valence-corrected chi connectivity index (χ0v) is 15.5.